The Morgan fingerprint density at radius 3 is 2.68 bits per heavy atom. The van der Waals surface area contributed by atoms with E-state index in [2.05, 4.69) is 10.0 Å². The molecule has 1 heterocycles. The van der Waals surface area contributed by atoms with Crippen molar-refractivity contribution < 1.29 is 13.2 Å². The van der Waals surface area contributed by atoms with Crippen molar-refractivity contribution >= 4 is 22.6 Å². The summed E-state index contributed by atoms with van der Waals surface area (Å²) in [4.78, 5) is 0. The summed E-state index contributed by atoms with van der Waals surface area (Å²) in [5.74, 6) is 0.705. The predicted molar refractivity (Wildman–Crippen MR) is 89.8 cm³/mol. The van der Waals surface area contributed by atoms with Gasteiger partial charge in [0.15, 0.2) is 0 Å². The molecule has 0 saturated carbocycles. The minimum atomic E-state index is -3.52. The highest BCUT2D eigenvalue weighted by molar-refractivity contribution is 7.87. The Balaban J connectivity index is 0.00000242. The molecule has 1 saturated heterocycles. The van der Waals surface area contributed by atoms with Gasteiger partial charge in [0.1, 0.15) is 5.75 Å². The van der Waals surface area contributed by atoms with Crippen LogP contribution in [0.4, 0.5) is 0 Å². The third kappa shape index (κ3) is 4.33. The van der Waals surface area contributed by atoms with Gasteiger partial charge in [-0.3, -0.25) is 0 Å². The lowest BCUT2D eigenvalue weighted by Crippen LogP contribution is -2.53. The first-order valence-corrected chi connectivity index (χ1v) is 8.52. The van der Waals surface area contributed by atoms with E-state index in [9.17, 15) is 8.42 Å². The van der Waals surface area contributed by atoms with Crippen molar-refractivity contribution in [3.05, 3.63) is 29.8 Å². The van der Waals surface area contributed by atoms with E-state index in [0.717, 1.165) is 5.56 Å². The lowest BCUT2D eigenvalue weighted by atomic mass is 10.0. The molecule has 0 bridgehead atoms. The van der Waals surface area contributed by atoms with Gasteiger partial charge in [-0.05, 0) is 19.9 Å². The Morgan fingerprint density at radius 2 is 2.05 bits per heavy atom. The number of nitrogens with one attached hydrogen (secondary N) is 2. The van der Waals surface area contributed by atoms with Crippen LogP contribution in [-0.2, 0) is 10.2 Å². The number of ether oxygens (including phenoxy) is 1. The Bertz CT molecular complexity index is 580. The van der Waals surface area contributed by atoms with E-state index >= 15 is 0 Å². The van der Waals surface area contributed by atoms with Crippen LogP contribution in [0.1, 0.15) is 25.5 Å². The van der Waals surface area contributed by atoms with Gasteiger partial charge in [0, 0.05) is 31.2 Å². The van der Waals surface area contributed by atoms with Crippen molar-refractivity contribution in [3.63, 3.8) is 0 Å². The van der Waals surface area contributed by atoms with Gasteiger partial charge in [0.05, 0.1) is 13.2 Å². The lowest BCUT2D eigenvalue weighted by molar-refractivity contribution is 0.260. The normalized spacial score (nSPS) is 19.7. The summed E-state index contributed by atoms with van der Waals surface area (Å²) in [7, 11) is -1.92. The van der Waals surface area contributed by atoms with E-state index in [1.165, 1.54) is 4.31 Å². The maximum atomic E-state index is 12.5. The number of benzene rings is 1. The molecule has 0 aromatic heterocycles. The van der Waals surface area contributed by atoms with Gasteiger partial charge in [0.2, 0.25) is 0 Å². The van der Waals surface area contributed by atoms with Crippen molar-refractivity contribution in [2.24, 2.45) is 0 Å². The fourth-order valence-electron chi connectivity index (χ4n) is 2.55. The highest BCUT2D eigenvalue weighted by Crippen LogP contribution is 2.31. The van der Waals surface area contributed by atoms with Crippen molar-refractivity contribution in [2.45, 2.75) is 25.9 Å². The smallest absolute Gasteiger partial charge is 0.280 e. The predicted octanol–water partition coefficient (Wildman–Crippen LogP) is 1.31. The van der Waals surface area contributed by atoms with Crippen molar-refractivity contribution in [3.8, 4) is 5.75 Å². The molecule has 1 atom stereocenters. The topological polar surface area (TPSA) is 70.7 Å². The molecule has 1 aromatic rings. The molecule has 0 aliphatic carbocycles. The average molecular weight is 350 g/mol. The average Bonchev–Trinajstić information content (AvgIpc) is 2.46. The molecular weight excluding hydrogens is 326 g/mol. The van der Waals surface area contributed by atoms with Crippen LogP contribution in [0.3, 0.4) is 0 Å². The molecule has 0 amide bonds. The van der Waals surface area contributed by atoms with Gasteiger partial charge >= 0.3 is 0 Å². The molecule has 1 unspecified atom stereocenters. The van der Waals surface area contributed by atoms with Gasteiger partial charge in [-0.1, -0.05) is 18.2 Å². The number of rotatable bonds is 5. The number of hydrogen-bond donors (Lipinski definition) is 2. The molecule has 2 N–H and O–H groups in total. The summed E-state index contributed by atoms with van der Waals surface area (Å²) in [6, 6.07) is 7.13. The lowest BCUT2D eigenvalue weighted by Gasteiger charge is -2.36. The second-order valence-electron chi connectivity index (χ2n) is 5.35. The quantitative estimate of drug-likeness (QED) is 0.840. The summed E-state index contributed by atoms with van der Waals surface area (Å²) in [5, 5.41) is 3.25. The van der Waals surface area contributed by atoms with Crippen molar-refractivity contribution in [1.82, 2.24) is 14.3 Å². The second-order valence-corrected chi connectivity index (χ2v) is 7.01. The van der Waals surface area contributed by atoms with E-state index in [1.807, 2.05) is 38.1 Å². The molecular formula is C14H24ClN3O3S. The van der Waals surface area contributed by atoms with Crippen LogP contribution >= 0.6 is 12.4 Å². The van der Waals surface area contributed by atoms with Crippen LogP contribution in [0.2, 0.25) is 0 Å². The number of nitrogens with zero attached hydrogens (tertiary/aromatic N) is 1. The number of halogens is 1. The fourth-order valence-corrected chi connectivity index (χ4v) is 4.13. The Labute approximate surface area is 138 Å². The summed E-state index contributed by atoms with van der Waals surface area (Å²) in [6.45, 7) is 5.28. The van der Waals surface area contributed by atoms with Gasteiger partial charge in [-0.15, -0.1) is 12.4 Å². The molecule has 2 rings (SSSR count). The van der Waals surface area contributed by atoms with Crippen LogP contribution in [0.5, 0.6) is 5.75 Å². The molecule has 126 valence electrons. The molecule has 1 fully saturated rings. The largest absolute Gasteiger partial charge is 0.496 e. The van der Waals surface area contributed by atoms with Crippen LogP contribution in [0.25, 0.3) is 0 Å². The molecule has 22 heavy (non-hydrogen) atoms. The van der Waals surface area contributed by atoms with Gasteiger partial charge in [-0.2, -0.15) is 17.4 Å². The van der Waals surface area contributed by atoms with Gasteiger partial charge in [-0.25, -0.2) is 0 Å². The SMILES string of the molecule is COc1ccccc1C1CNCCN1S(=O)(=O)NC(C)C.Cl. The molecule has 8 heteroatoms. The van der Waals surface area contributed by atoms with Crippen LogP contribution in [0, 0.1) is 0 Å². The summed E-state index contributed by atoms with van der Waals surface area (Å²) >= 11 is 0. The number of para-hydroxylation sites is 1. The Hall–Kier alpha value is -0.860. The van der Waals surface area contributed by atoms with E-state index in [-0.39, 0.29) is 24.5 Å². The summed E-state index contributed by atoms with van der Waals surface area (Å²) < 4.78 is 34.6. The molecule has 0 spiro atoms. The van der Waals surface area contributed by atoms with Crippen molar-refractivity contribution in [1.29, 1.82) is 0 Å². The van der Waals surface area contributed by atoms with Gasteiger partial charge < -0.3 is 10.1 Å². The van der Waals surface area contributed by atoms with Gasteiger partial charge in [0.25, 0.3) is 10.2 Å². The summed E-state index contributed by atoms with van der Waals surface area (Å²) in [6.07, 6.45) is 0. The zero-order valence-electron chi connectivity index (χ0n) is 13.1. The maximum Gasteiger partial charge on any atom is 0.280 e. The molecule has 0 radical (unpaired) electrons. The molecule has 1 aliphatic rings. The van der Waals surface area contributed by atoms with E-state index in [0.29, 0.717) is 25.4 Å². The zero-order chi connectivity index (χ0) is 15.5. The Morgan fingerprint density at radius 1 is 1.36 bits per heavy atom. The third-order valence-corrected chi connectivity index (χ3v) is 5.21. The van der Waals surface area contributed by atoms with E-state index in [1.54, 1.807) is 7.11 Å². The maximum absolute atomic E-state index is 12.5. The second kappa shape index (κ2) is 8.12. The minimum Gasteiger partial charge on any atom is -0.496 e. The highest BCUT2D eigenvalue weighted by Gasteiger charge is 2.34. The molecule has 1 aliphatic heterocycles. The minimum absolute atomic E-state index is 0. The van der Waals surface area contributed by atoms with Crippen LogP contribution in [0.15, 0.2) is 24.3 Å². The first-order chi connectivity index (χ1) is 9.95. The number of piperazine rings is 1. The van der Waals surface area contributed by atoms with E-state index in [4.69, 9.17) is 4.74 Å². The monoisotopic (exact) mass is 349 g/mol. The standard InChI is InChI=1S/C14H23N3O3S.ClH/c1-11(2)16-21(18,19)17-9-8-15-10-13(17)12-6-4-5-7-14(12)20-3;/h4-7,11,13,15-16H,8-10H2,1-3H3;1H. The fraction of sp³-hybridized carbons (Fsp3) is 0.571. The van der Waals surface area contributed by atoms with Crippen LogP contribution < -0.4 is 14.8 Å². The van der Waals surface area contributed by atoms with E-state index < -0.39 is 10.2 Å². The number of hydrogen-bond acceptors (Lipinski definition) is 4. The third-order valence-electron chi connectivity index (χ3n) is 3.39. The molecule has 6 nitrogen and oxygen atoms in total. The number of methoxy groups -OCH3 is 1. The van der Waals surface area contributed by atoms with Crippen LogP contribution in [-0.4, -0.2) is 45.5 Å². The zero-order valence-corrected chi connectivity index (χ0v) is 14.7. The first kappa shape index (κ1) is 19.2. The first-order valence-electron chi connectivity index (χ1n) is 7.08. The molecule has 1 aromatic carbocycles. The van der Waals surface area contributed by atoms with Crippen molar-refractivity contribution in [2.75, 3.05) is 26.7 Å². The Kier molecular flexibility index (Phi) is 7.08. The highest BCUT2D eigenvalue weighted by atomic mass is 35.5. The summed E-state index contributed by atoms with van der Waals surface area (Å²) in [5.41, 5.74) is 0.876.